The minimum atomic E-state index is 0. The lowest BCUT2D eigenvalue weighted by Gasteiger charge is -2.09. The van der Waals surface area contributed by atoms with E-state index in [2.05, 4.69) is 31.6 Å². The average Bonchev–Trinajstić information content (AvgIpc) is 2.84. The molecule has 82 valence electrons. The molecule has 0 radical (unpaired) electrons. The Morgan fingerprint density at radius 1 is 1.23 bits per heavy atom. The van der Waals surface area contributed by atoms with Crippen molar-refractivity contribution < 1.29 is 0 Å². The maximum atomic E-state index is 3.14. The molecular weight excluding hydrogens is 160 g/mol. The molecule has 0 aromatic rings. The maximum Gasteiger partial charge on any atom is 0.0915 e. The van der Waals surface area contributed by atoms with Crippen molar-refractivity contribution in [1.29, 1.82) is 0 Å². The fourth-order valence-corrected chi connectivity index (χ4v) is 0.971. The fraction of sp³-hybridized carbons (Fsp3) is 1.00. The van der Waals surface area contributed by atoms with Gasteiger partial charge in [-0.25, -0.2) is 10.9 Å². The third-order valence-electron chi connectivity index (χ3n) is 2.39. The molecule has 0 aliphatic carbocycles. The van der Waals surface area contributed by atoms with Gasteiger partial charge in [0, 0.05) is 0 Å². The Kier molecular flexibility index (Phi) is 8.69. The van der Waals surface area contributed by atoms with Gasteiger partial charge in [-0.15, -0.1) is 0 Å². The zero-order valence-electron chi connectivity index (χ0n) is 9.20. The molecule has 0 bridgehead atoms. The molecule has 1 saturated heterocycles. The van der Waals surface area contributed by atoms with E-state index < -0.39 is 0 Å². The van der Waals surface area contributed by atoms with Crippen molar-refractivity contribution in [3.05, 3.63) is 0 Å². The van der Waals surface area contributed by atoms with Crippen LogP contribution in [0.15, 0.2) is 0 Å². The van der Waals surface area contributed by atoms with Gasteiger partial charge in [0.15, 0.2) is 0 Å². The lowest BCUT2D eigenvalue weighted by molar-refractivity contribution is 0.448. The first-order valence-corrected chi connectivity index (χ1v) is 5.20. The molecule has 1 unspecified atom stereocenters. The minimum absolute atomic E-state index is 0. The number of hydrazine groups is 1. The van der Waals surface area contributed by atoms with E-state index in [1.165, 1.54) is 19.3 Å². The van der Waals surface area contributed by atoms with Crippen molar-refractivity contribution in [3.8, 4) is 0 Å². The first-order chi connectivity index (χ1) is 5.66. The van der Waals surface area contributed by atoms with Crippen molar-refractivity contribution in [3.63, 3.8) is 0 Å². The van der Waals surface area contributed by atoms with Crippen molar-refractivity contribution >= 4 is 0 Å². The Morgan fingerprint density at radius 2 is 1.69 bits per heavy atom. The predicted molar refractivity (Wildman–Crippen MR) is 61.4 cm³/mol. The van der Waals surface area contributed by atoms with Crippen LogP contribution in [-0.4, -0.2) is 5.66 Å². The van der Waals surface area contributed by atoms with E-state index in [1.54, 1.807) is 0 Å². The molecule has 0 aromatic heterocycles. The third-order valence-corrected chi connectivity index (χ3v) is 2.39. The van der Waals surface area contributed by atoms with E-state index in [4.69, 9.17) is 0 Å². The topological polar surface area (TPSA) is 43.9 Å². The molecule has 1 aliphatic heterocycles. The first-order valence-electron chi connectivity index (χ1n) is 5.20. The lowest BCUT2D eigenvalue weighted by atomic mass is 9.99. The fourth-order valence-electron chi connectivity index (χ4n) is 0.971. The molecule has 0 spiro atoms. The predicted octanol–water partition coefficient (Wildman–Crippen LogP) is 3.30. The third kappa shape index (κ3) is 7.03. The quantitative estimate of drug-likeness (QED) is 0.665. The summed E-state index contributed by atoms with van der Waals surface area (Å²) in [5.41, 5.74) is 6.56. The summed E-state index contributed by atoms with van der Waals surface area (Å²) in [5, 5.41) is 0. The van der Waals surface area contributed by atoms with Crippen LogP contribution in [0.3, 0.4) is 0 Å². The normalized spacial score (nSPS) is 19.2. The SMILES string of the molecule is C.CC.CCC(C)CCC1(C)NN1. The molecule has 0 saturated carbocycles. The summed E-state index contributed by atoms with van der Waals surface area (Å²) in [4.78, 5) is 0. The van der Waals surface area contributed by atoms with Crippen molar-refractivity contribution in [1.82, 2.24) is 10.9 Å². The maximum absolute atomic E-state index is 3.14. The van der Waals surface area contributed by atoms with Gasteiger partial charge in [0.05, 0.1) is 5.66 Å². The summed E-state index contributed by atoms with van der Waals surface area (Å²) in [5.74, 6) is 0.876. The lowest BCUT2D eigenvalue weighted by Crippen LogP contribution is -2.12. The van der Waals surface area contributed by atoms with E-state index in [1.807, 2.05) is 13.8 Å². The highest BCUT2D eigenvalue weighted by Crippen LogP contribution is 2.20. The van der Waals surface area contributed by atoms with Gasteiger partial charge < -0.3 is 0 Å². The van der Waals surface area contributed by atoms with Gasteiger partial charge in [0.2, 0.25) is 0 Å². The average molecular weight is 188 g/mol. The van der Waals surface area contributed by atoms with Gasteiger partial charge in [0.25, 0.3) is 0 Å². The summed E-state index contributed by atoms with van der Waals surface area (Å²) in [6.45, 7) is 10.8. The molecule has 1 aliphatic rings. The number of nitrogens with one attached hydrogen (secondary N) is 2. The van der Waals surface area contributed by atoms with Crippen LogP contribution in [0.4, 0.5) is 0 Å². The first kappa shape index (κ1) is 15.4. The molecule has 2 nitrogen and oxygen atoms in total. The van der Waals surface area contributed by atoms with Gasteiger partial charge in [0.1, 0.15) is 0 Å². The van der Waals surface area contributed by atoms with Gasteiger partial charge >= 0.3 is 0 Å². The van der Waals surface area contributed by atoms with Crippen LogP contribution in [0, 0.1) is 5.92 Å². The van der Waals surface area contributed by atoms with Gasteiger partial charge in [-0.3, -0.25) is 0 Å². The van der Waals surface area contributed by atoms with Crippen LogP contribution >= 0.6 is 0 Å². The zero-order valence-corrected chi connectivity index (χ0v) is 9.20. The highest BCUT2D eigenvalue weighted by atomic mass is 15.7. The van der Waals surface area contributed by atoms with Crippen LogP contribution in [0.5, 0.6) is 0 Å². The molecule has 0 aromatic carbocycles. The number of hydrogen-bond donors (Lipinski definition) is 2. The zero-order chi connectivity index (χ0) is 9.61. The van der Waals surface area contributed by atoms with E-state index in [0.29, 0.717) is 0 Å². The summed E-state index contributed by atoms with van der Waals surface area (Å²) < 4.78 is 0. The second-order valence-electron chi connectivity index (χ2n) is 3.63. The number of hydrogen-bond acceptors (Lipinski definition) is 2. The summed E-state index contributed by atoms with van der Waals surface area (Å²) in [6.07, 6.45) is 3.88. The molecule has 1 atom stereocenters. The van der Waals surface area contributed by atoms with E-state index in [9.17, 15) is 0 Å². The van der Waals surface area contributed by atoms with Gasteiger partial charge in [-0.1, -0.05) is 41.5 Å². The molecule has 1 rings (SSSR count). The molecule has 1 heterocycles. The number of rotatable bonds is 4. The summed E-state index contributed by atoms with van der Waals surface area (Å²) in [6, 6.07) is 0. The molecular formula is C11H28N2. The van der Waals surface area contributed by atoms with E-state index in [0.717, 1.165) is 5.92 Å². The molecule has 2 N–H and O–H groups in total. The highest BCUT2D eigenvalue weighted by molar-refractivity contribution is 4.88. The van der Waals surface area contributed by atoms with Crippen LogP contribution in [0.1, 0.15) is 61.3 Å². The van der Waals surface area contributed by atoms with Crippen LogP contribution in [0.25, 0.3) is 0 Å². The second-order valence-corrected chi connectivity index (χ2v) is 3.63. The van der Waals surface area contributed by atoms with Gasteiger partial charge in [-0.05, 0) is 25.7 Å². The summed E-state index contributed by atoms with van der Waals surface area (Å²) >= 11 is 0. The largest absolute Gasteiger partial charge is 0.235 e. The Morgan fingerprint density at radius 3 is 2.00 bits per heavy atom. The van der Waals surface area contributed by atoms with Crippen molar-refractivity contribution in [2.24, 2.45) is 5.92 Å². The smallest absolute Gasteiger partial charge is 0.0915 e. The molecule has 0 amide bonds. The minimum Gasteiger partial charge on any atom is -0.235 e. The van der Waals surface area contributed by atoms with Crippen molar-refractivity contribution in [2.45, 2.75) is 67.0 Å². The Bertz CT molecular complexity index is 109. The van der Waals surface area contributed by atoms with Crippen LogP contribution in [-0.2, 0) is 0 Å². The Balaban J connectivity index is 0. The second kappa shape index (κ2) is 7.34. The molecule has 1 fully saturated rings. The van der Waals surface area contributed by atoms with Gasteiger partial charge in [-0.2, -0.15) is 0 Å². The standard InChI is InChI=1S/C8H18N2.C2H6.CH4/c1-4-7(2)5-6-8(3)9-10-8;1-2;/h7,9-10H,4-6H2,1-3H3;1-2H3;1H4. The Labute approximate surface area is 84.5 Å². The van der Waals surface area contributed by atoms with E-state index in [-0.39, 0.29) is 13.1 Å². The van der Waals surface area contributed by atoms with E-state index >= 15 is 0 Å². The Hall–Kier alpha value is -0.0800. The van der Waals surface area contributed by atoms with Crippen LogP contribution in [0.2, 0.25) is 0 Å². The van der Waals surface area contributed by atoms with Crippen LogP contribution < -0.4 is 10.9 Å². The highest BCUT2D eigenvalue weighted by Gasteiger charge is 2.35. The van der Waals surface area contributed by atoms with Crippen molar-refractivity contribution in [2.75, 3.05) is 0 Å². The molecule has 2 heteroatoms. The monoisotopic (exact) mass is 188 g/mol. The molecule has 13 heavy (non-hydrogen) atoms. The summed E-state index contributed by atoms with van der Waals surface area (Å²) in [7, 11) is 0.